The molecule has 0 spiro atoms. The number of hydrogen-bond donors (Lipinski definition) is 3. The van der Waals surface area contributed by atoms with Crippen LogP contribution in [0, 0.1) is 0 Å². The van der Waals surface area contributed by atoms with Gasteiger partial charge >= 0.3 is 0 Å². The quantitative estimate of drug-likeness (QED) is 0.693. The van der Waals surface area contributed by atoms with Crippen LogP contribution in [0.2, 0.25) is 0 Å². The van der Waals surface area contributed by atoms with Crippen LogP contribution in [0.4, 0.5) is 0 Å². The molecular formula is C14H18N4O3S. The van der Waals surface area contributed by atoms with Crippen LogP contribution in [0.15, 0.2) is 40.4 Å². The van der Waals surface area contributed by atoms with Crippen molar-refractivity contribution < 1.29 is 13.5 Å². The van der Waals surface area contributed by atoms with Gasteiger partial charge in [0.05, 0.1) is 19.7 Å². The van der Waals surface area contributed by atoms with Crippen LogP contribution in [-0.4, -0.2) is 50.2 Å². The summed E-state index contributed by atoms with van der Waals surface area (Å²) < 4.78 is 29.0. The lowest BCUT2D eigenvalue weighted by molar-refractivity contribution is 0.301. The number of amidine groups is 1. The lowest BCUT2D eigenvalue weighted by atomic mass is 10.2. The molecule has 0 radical (unpaired) electrons. The molecule has 1 aliphatic heterocycles. The van der Waals surface area contributed by atoms with Gasteiger partial charge in [-0.1, -0.05) is 18.2 Å². The Hall–Kier alpha value is -1.90. The second-order valence-electron chi connectivity index (χ2n) is 5.01. The molecule has 0 aliphatic carbocycles. The zero-order valence-electron chi connectivity index (χ0n) is 12.0. The molecule has 0 atom stereocenters. The van der Waals surface area contributed by atoms with E-state index >= 15 is 0 Å². The molecule has 3 rings (SSSR count). The maximum absolute atomic E-state index is 12.4. The molecule has 1 aliphatic rings. The third kappa shape index (κ3) is 2.85. The molecule has 2 aromatic rings. The van der Waals surface area contributed by atoms with Crippen molar-refractivity contribution in [2.45, 2.75) is 11.4 Å². The van der Waals surface area contributed by atoms with Crippen molar-refractivity contribution in [1.29, 1.82) is 0 Å². The van der Waals surface area contributed by atoms with E-state index in [0.717, 1.165) is 24.4 Å². The fourth-order valence-corrected chi connectivity index (χ4v) is 3.77. The van der Waals surface area contributed by atoms with Crippen molar-refractivity contribution in [3.63, 3.8) is 0 Å². The number of nitrogens with zero attached hydrogens (tertiary/aromatic N) is 2. The summed E-state index contributed by atoms with van der Waals surface area (Å²) in [6.45, 7) is 1.83. The molecule has 0 fully saturated rings. The second kappa shape index (κ2) is 6.07. The minimum atomic E-state index is -3.65. The summed E-state index contributed by atoms with van der Waals surface area (Å²) in [6.07, 6.45) is 1.62. The maximum Gasteiger partial charge on any atom is 0.242 e. The minimum absolute atomic E-state index is 0.00386. The van der Waals surface area contributed by atoms with Gasteiger partial charge in [0.1, 0.15) is 10.7 Å². The van der Waals surface area contributed by atoms with Crippen molar-refractivity contribution in [2.75, 3.05) is 26.2 Å². The number of aliphatic hydroxyl groups excluding tert-OH is 1. The van der Waals surface area contributed by atoms with Crippen LogP contribution in [0.1, 0.15) is 0 Å². The van der Waals surface area contributed by atoms with Crippen LogP contribution < -0.4 is 10.0 Å². The zero-order chi connectivity index (χ0) is 15.6. The van der Waals surface area contributed by atoms with Gasteiger partial charge in [0.2, 0.25) is 10.0 Å². The van der Waals surface area contributed by atoms with Crippen molar-refractivity contribution in [3.05, 3.63) is 30.5 Å². The summed E-state index contributed by atoms with van der Waals surface area (Å²) in [5.41, 5.74) is 0.836. The number of hydrogen-bond acceptors (Lipinski definition) is 5. The van der Waals surface area contributed by atoms with E-state index in [1.807, 2.05) is 22.8 Å². The van der Waals surface area contributed by atoms with Crippen LogP contribution in [-0.2, 0) is 16.6 Å². The number of aliphatic hydroxyl groups is 1. The number of rotatable bonds is 6. The predicted molar refractivity (Wildman–Crippen MR) is 84.5 cm³/mol. The SMILES string of the molecule is O=S(=O)(NCCO)c1cn(CC2=NCCN2)c2ccccc12. The first-order valence-corrected chi connectivity index (χ1v) is 8.56. The lowest BCUT2D eigenvalue weighted by Gasteiger charge is -2.05. The Morgan fingerprint density at radius 3 is 2.91 bits per heavy atom. The fraction of sp³-hybridized carbons (Fsp3) is 0.357. The van der Waals surface area contributed by atoms with E-state index in [4.69, 9.17) is 5.11 Å². The Kier molecular flexibility index (Phi) is 4.14. The summed E-state index contributed by atoms with van der Waals surface area (Å²) in [6, 6.07) is 7.35. The first-order chi connectivity index (χ1) is 10.6. The fourth-order valence-electron chi connectivity index (χ4n) is 2.53. The van der Waals surface area contributed by atoms with E-state index in [-0.39, 0.29) is 18.0 Å². The van der Waals surface area contributed by atoms with Crippen molar-refractivity contribution in [1.82, 2.24) is 14.6 Å². The molecular weight excluding hydrogens is 304 g/mol. The Morgan fingerprint density at radius 1 is 1.36 bits per heavy atom. The highest BCUT2D eigenvalue weighted by atomic mass is 32.2. The summed E-state index contributed by atoms with van der Waals surface area (Å²) in [5.74, 6) is 0.855. The molecule has 0 amide bonds. The molecule has 2 heterocycles. The number of aliphatic imine (C=N–C) groups is 1. The smallest absolute Gasteiger partial charge is 0.242 e. The van der Waals surface area contributed by atoms with Gasteiger partial charge in [-0.2, -0.15) is 0 Å². The molecule has 0 bridgehead atoms. The van der Waals surface area contributed by atoms with Crippen LogP contribution in [0.25, 0.3) is 10.9 Å². The van der Waals surface area contributed by atoms with Crippen molar-refractivity contribution in [3.8, 4) is 0 Å². The highest BCUT2D eigenvalue weighted by molar-refractivity contribution is 7.89. The summed E-state index contributed by atoms with van der Waals surface area (Å²) in [7, 11) is -3.65. The van der Waals surface area contributed by atoms with E-state index in [2.05, 4.69) is 15.0 Å². The molecule has 1 aromatic carbocycles. The minimum Gasteiger partial charge on any atom is -0.395 e. The number of sulfonamides is 1. The van der Waals surface area contributed by atoms with Gasteiger partial charge in [0.25, 0.3) is 0 Å². The summed E-state index contributed by atoms with van der Waals surface area (Å²) >= 11 is 0. The van der Waals surface area contributed by atoms with Gasteiger partial charge in [-0.05, 0) is 6.07 Å². The molecule has 0 unspecified atom stereocenters. The Bertz CT molecular complexity index is 811. The van der Waals surface area contributed by atoms with Gasteiger partial charge in [-0.25, -0.2) is 13.1 Å². The molecule has 3 N–H and O–H groups in total. The average molecular weight is 322 g/mol. The van der Waals surface area contributed by atoms with Crippen LogP contribution in [0.5, 0.6) is 0 Å². The van der Waals surface area contributed by atoms with E-state index in [0.29, 0.717) is 11.9 Å². The number of nitrogens with one attached hydrogen (secondary N) is 2. The summed E-state index contributed by atoms with van der Waals surface area (Å²) in [5, 5.41) is 12.7. The van der Waals surface area contributed by atoms with Gasteiger partial charge < -0.3 is 15.0 Å². The third-order valence-corrected chi connectivity index (χ3v) is 5.00. The highest BCUT2D eigenvalue weighted by Gasteiger charge is 2.21. The lowest BCUT2D eigenvalue weighted by Crippen LogP contribution is -2.26. The van der Waals surface area contributed by atoms with Gasteiger partial charge in [0, 0.05) is 30.2 Å². The molecule has 22 heavy (non-hydrogen) atoms. The standard InChI is InChI=1S/C14H18N4O3S/c19-8-7-17-22(20,21)13-9-18(10-14-15-5-6-16-14)12-4-2-1-3-11(12)13/h1-4,9,17,19H,5-8,10H2,(H,15,16). The number of aromatic nitrogens is 1. The normalized spacial score (nSPS) is 15.0. The first-order valence-electron chi connectivity index (χ1n) is 7.07. The van der Waals surface area contributed by atoms with E-state index in [1.54, 1.807) is 12.3 Å². The molecule has 118 valence electrons. The third-order valence-electron chi connectivity index (χ3n) is 3.51. The van der Waals surface area contributed by atoms with E-state index in [1.165, 1.54) is 0 Å². The molecule has 1 aromatic heterocycles. The van der Waals surface area contributed by atoms with Crippen LogP contribution in [0.3, 0.4) is 0 Å². The van der Waals surface area contributed by atoms with Gasteiger partial charge in [0.15, 0.2) is 0 Å². The van der Waals surface area contributed by atoms with Gasteiger partial charge in [-0.3, -0.25) is 4.99 Å². The molecule has 7 nitrogen and oxygen atoms in total. The maximum atomic E-state index is 12.4. The number of para-hydroxylation sites is 1. The Morgan fingerprint density at radius 2 is 2.18 bits per heavy atom. The largest absolute Gasteiger partial charge is 0.395 e. The average Bonchev–Trinajstić information content (AvgIpc) is 3.14. The molecule has 0 saturated heterocycles. The van der Waals surface area contributed by atoms with Crippen molar-refractivity contribution >= 4 is 26.8 Å². The number of benzene rings is 1. The Labute approximate surface area is 128 Å². The second-order valence-corrected chi connectivity index (χ2v) is 6.75. The topological polar surface area (TPSA) is 95.7 Å². The predicted octanol–water partition coefficient (Wildman–Crippen LogP) is -0.0864. The number of fused-ring (bicyclic) bond motifs is 1. The first kappa shape index (κ1) is 15.0. The van der Waals surface area contributed by atoms with Crippen molar-refractivity contribution in [2.24, 2.45) is 4.99 Å². The zero-order valence-corrected chi connectivity index (χ0v) is 12.8. The van der Waals surface area contributed by atoms with E-state index in [9.17, 15) is 8.42 Å². The van der Waals surface area contributed by atoms with Crippen LogP contribution >= 0.6 is 0 Å². The van der Waals surface area contributed by atoms with Gasteiger partial charge in [-0.15, -0.1) is 0 Å². The monoisotopic (exact) mass is 322 g/mol. The highest BCUT2D eigenvalue weighted by Crippen LogP contribution is 2.25. The Balaban J connectivity index is 2.04. The summed E-state index contributed by atoms with van der Waals surface area (Å²) in [4.78, 5) is 4.56. The molecule has 8 heteroatoms. The van der Waals surface area contributed by atoms with E-state index < -0.39 is 10.0 Å². The molecule has 0 saturated carbocycles.